The monoisotopic (exact) mass is 731 g/mol. The van der Waals surface area contributed by atoms with E-state index < -0.39 is 0 Å². The van der Waals surface area contributed by atoms with Crippen LogP contribution in [0.2, 0.25) is 0 Å². The number of thiophene rings is 1. The zero-order valence-corrected chi connectivity index (χ0v) is 31.7. The molecule has 0 saturated heterocycles. The first-order chi connectivity index (χ1) is 27.5. The van der Waals surface area contributed by atoms with Crippen LogP contribution >= 0.6 is 11.3 Å². The third kappa shape index (κ3) is 4.48. The van der Waals surface area contributed by atoms with Gasteiger partial charge in [-0.15, -0.1) is 11.3 Å². The highest BCUT2D eigenvalue weighted by atomic mass is 32.1. The topological polar surface area (TPSA) is 38.7 Å². The maximum Gasteiger partial charge on any atom is 0.165 e. The van der Waals surface area contributed by atoms with Gasteiger partial charge in [-0.05, 0) is 83.9 Å². The highest BCUT2D eigenvalue weighted by Gasteiger charge is 2.37. The van der Waals surface area contributed by atoms with Crippen LogP contribution in [0.5, 0.6) is 0 Å². The van der Waals surface area contributed by atoms with Gasteiger partial charge in [0.1, 0.15) is 0 Å². The number of aromatic nitrogens is 3. The molecule has 2 heterocycles. The van der Waals surface area contributed by atoms with E-state index in [9.17, 15) is 0 Å². The fraction of sp³-hybridized carbons (Fsp3) is 0.0577. The lowest BCUT2D eigenvalue weighted by molar-refractivity contribution is 0.660. The molecular formula is C52H33N3S. The Labute approximate surface area is 327 Å². The molecule has 0 radical (unpaired) electrons. The highest BCUT2D eigenvalue weighted by molar-refractivity contribution is 7.26. The van der Waals surface area contributed by atoms with Crippen molar-refractivity contribution >= 4 is 63.8 Å². The van der Waals surface area contributed by atoms with E-state index >= 15 is 0 Å². The van der Waals surface area contributed by atoms with Gasteiger partial charge in [0.2, 0.25) is 0 Å². The van der Waals surface area contributed by atoms with E-state index in [0.717, 1.165) is 16.7 Å². The Morgan fingerprint density at radius 2 is 1.05 bits per heavy atom. The molecule has 0 bridgehead atoms. The molecule has 0 unspecified atom stereocenters. The lowest BCUT2D eigenvalue weighted by atomic mass is 9.81. The molecule has 0 fully saturated rings. The molecule has 0 aliphatic heterocycles. The smallest absolute Gasteiger partial charge is 0.165 e. The molecule has 9 aromatic carbocycles. The minimum absolute atomic E-state index is 0.235. The van der Waals surface area contributed by atoms with Gasteiger partial charge in [-0.2, -0.15) is 0 Å². The van der Waals surface area contributed by atoms with E-state index in [1.54, 1.807) is 11.3 Å². The van der Waals surface area contributed by atoms with Crippen molar-refractivity contribution in [1.29, 1.82) is 0 Å². The summed E-state index contributed by atoms with van der Waals surface area (Å²) in [6.07, 6.45) is 0. The van der Waals surface area contributed by atoms with Crippen LogP contribution in [0.1, 0.15) is 25.0 Å². The summed E-state index contributed by atoms with van der Waals surface area (Å²) < 4.78 is 2.45. The minimum Gasteiger partial charge on any atom is -0.208 e. The summed E-state index contributed by atoms with van der Waals surface area (Å²) in [6.45, 7) is 4.71. The number of fused-ring (bicyclic) bond motifs is 6. The lowest BCUT2D eigenvalue weighted by Gasteiger charge is -2.22. The molecular weight excluding hydrogens is 699 g/mol. The SMILES string of the molecule is CC1(C)c2cc(-c3nc(-c4ccccc4)nc(-c4cccc5c4sc4ccccc45)n3)ccc2-c2c(-c3ccc4ccc5cccc6ccc3c4c56)cccc21. The Hall–Kier alpha value is -6.75. The molecule has 0 spiro atoms. The molecule has 12 rings (SSSR count). The fourth-order valence-electron chi connectivity index (χ4n) is 9.39. The molecule has 0 saturated carbocycles. The zero-order chi connectivity index (χ0) is 37.1. The van der Waals surface area contributed by atoms with Gasteiger partial charge in [0.05, 0.1) is 0 Å². The van der Waals surface area contributed by atoms with Crippen molar-refractivity contribution in [3.05, 3.63) is 175 Å². The Morgan fingerprint density at radius 3 is 1.91 bits per heavy atom. The summed E-state index contributed by atoms with van der Waals surface area (Å²) in [5, 5.41) is 10.3. The fourth-order valence-corrected chi connectivity index (χ4v) is 10.6. The second-order valence-electron chi connectivity index (χ2n) is 15.5. The van der Waals surface area contributed by atoms with E-state index in [2.05, 4.69) is 159 Å². The standard InChI is InChI=1S/C52H33N3S/c1-52(2)42-19-10-16-37(35-26-23-32-22-21-30-13-8-14-31-24-27-38(35)46(32)45(30)31)47(42)40-28-25-34(29-43(40)52)50-53-49(33-11-4-3-5-12-33)54-51(55-50)41-18-9-17-39-36-15-6-7-20-44(36)56-48(39)41/h3-29H,1-2H3. The van der Waals surface area contributed by atoms with Crippen molar-refractivity contribution in [2.75, 3.05) is 0 Å². The molecule has 0 amide bonds. The molecule has 0 atom stereocenters. The maximum atomic E-state index is 5.27. The number of nitrogens with zero attached hydrogens (tertiary/aromatic N) is 3. The summed E-state index contributed by atoms with van der Waals surface area (Å²) in [4.78, 5) is 15.6. The van der Waals surface area contributed by atoms with E-state index in [1.165, 1.54) is 85.9 Å². The van der Waals surface area contributed by atoms with Crippen molar-refractivity contribution in [2.24, 2.45) is 0 Å². The van der Waals surface area contributed by atoms with Crippen LogP contribution in [0.15, 0.2) is 164 Å². The second-order valence-corrected chi connectivity index (χ2v) is 16.6. The first-order valence-electron chi connectivity index (χ1n) is 19.2. The number of benzene rings is 9. The number of hydrogen-bond donors (Lipinski definition) is 0. The van der Waals surface area contributed by atoms with Crippen LogP contribution in [0.25, 0.3) is 109 Å². The van der Waals surface area contributed by atoms with E-state index in [0.29, 0.717) is 17.5 Å². The summed E-state index contributed by atoms with van der Waals surface area (Å²) in [6, 6.07) is 59.4. The van der Waals surface area contributed by atoms with Crippen LogP contribution in [0, 0.1) is 0 Å². The van der Waals surface area contributed by atoms with Crippen molar-refractivity contribution in [3.63, 3.8) is 0 Å². The molecule has 11 aromatic rings. The highest BCUT2D eigenvalue weighted by Crippen LogP contribution is 2.54. The maximum absolute atomic E-state index is 5.27. The predicted molar refractivity (Wildman–Crippen MR) is 236 cm³/mol. The summed E-state index contributed by atoms with van der Waals surface area (Å²) in [7, 11) is 0. The number of rotatable bonds is 4. The average molecular weight is 732 g/mol. The van der Waals surface area contributed by atoms with Crippen LogP contribution in [0.3, 0.4) is 0 Å². The normalized spacial score (nSPS) is 13.3. The third-order valence-corrected chi connectivity index (χ3v) is 13.3. The third-order valence-electron chi connectivity index (χ3n) is 12.1. The van der Waals surface area contributed by atoms with Gasteiger partial charge >= 0.3 is 0 Å². The first kappa shape index (κ1) is 31.6. The molecule has 2 aromatic heterocycles. The van der Waals surface area contributed by atoms with Crippen molar-refractivity contribution in [3.8, 4) is 56.4 Å². The molecule has 262 valence electrons. The summed E-state index contributed by atoms with van der Waals surface area (Å²) in [5.41, 5.74) is 10.5. The second kappa shape index (κ2) is 11.6. The lowest BCUT2D eigenvalue weighted by Crippen LogP contribution is -2.15. The molecule has 3 nitrogen and oxygen atoms in total. The van der Waals surface area contributed by atoms with Gasteiger partial charge in [0.25, 0.3) is 0 Å². The minimum atomic E-state index is -0.235. The van der Waals surface area contributed by atoms with E-state index in [4.69, 9.17) is 15.0 Å². The molecule has 4 heteroatoms. The predicted octanol–water partition coefficient (Wildman–Crippen LogP) is 14.1. The molecule has 1 aliphatic carbocycles. The number of hydrogen-bond acceptors (Lipinski definition) is 4. The van der Waals surface area contributed by atoms with Crippen LogP contribution in [-0.4, -0.2) is 15.0 Å². The van der Waals surface area contributed by atoms with Gasteiger partial charge < -0.3 is 0 Å². The van der Waals surface area contributed by atoms with Crippen molar-refractivity contribution in [1.82, 2.24) is 15.0 Å². The zero-order valence-electron chi connectivity index (χ0n) is 30.8. The molecule has 1 aliphatic rings. The average Bonchev–Trinajstić information content (AvgIpc) is 3.75. The van der Waals surface area contributed by atoms with E-state index in [-0.39, 0.29) is 5.41 Å². The first-order valence-corrected chi connectivity index (χ1v) is 20.0. The quantitative estimate of drug-likeness (QED) is 0.169. The Bertz CT molecular complexity index is 3380. The van der Waals surface area contributed by atoms with Crippen LogP contribution in [0.4, 0.5) is 0 Å². The largest absolute Gasteiger partial charge is 0.208 e. The molecule has 56 heavy (non-hydrogen) atoms. The van der Waals surface area contributed by atoms with Crippen molar-refractivity contribution in [2.45, 2.75) is 19.3 Å². The van der Waals surface area contributed by atoms with Gasteiger partial charge in [0.15, 0.2) is 17.5 Å². The Morgan fingerprint density at radius 1 is 0.411 bits per heavy atom. The van der Waals surface area contributed by atoms with Crippen molar-refractivity contribution < 1.29 is 0 Å². The molecule has 0 N–H and O–H groups in total. The van der Waals surface area contributed by atoms with Crippen LogP contribution < -0.4 is 0 Å². The Balaban J connectivity index is 1.05. The summed E-state index contributed by atoms with van der Waals surface area (Å²) in [5.74, 6) is 2.03. The van der Waals surface area contributed by atoms with Gasteiger partial charge in [-0.3, -0.25) is 0 Å². The summed E-state index contributed by atoms with van der Waals surface area (Å²) >= 11 is 1.80. The van der Waals surface area contributed by atoms with E-state index in [1.807, 2.05) is 18.2 Å². The van der Waals surface area contributed by atoms with Crippen LogP contribution in [-0.2, 0) is 5.41 Å². The van der Waals surface area contributed by atoms with Gasteiger partial charge in [-0.1, -0.05) is 159 Å². The van der Waals surface area contributed by atoms with Gasteiger partial charge in [-0.25, -0.2) is 15.0 Å². The van der Waals surface area contributed by atoms with Gasteiger partial charge in [0, 0.05) is 42.3 Å². The Kier molecular flexibility index (Phi) is 6.56.